The van der Waals surface area contributed by atoms with Crippen molar-refractivity contribution in [3.63, 3.8) is 0 Å². The van der Waals surface area contributed by atoms with Crippen molar-refractivity contribution in [1.29, 1.82) is 0 Å². The van der Waals surface area contributed by atoms with Gasteiger partial charge in [0.15, 0.2) is 0 Å². The Bertz CT molecular complexity index is 402. The lowest BCUT2D eigenvalue weighted by Crippen LogP contribution is -2.35. The first-order valence-corrected chi connectivity index (χ1v) is 7.48. The summed E-state index contributed by atoms with van der Waals surface area (Å²) >= 11 is 1.71. The summed E-state index contributed by atoms with van der Waals surface area (Å²) in [6, 6.07) is 4.07. The highest BCUT2D eigenvalue weighted by molar-refractivity contribution is 7.10. The second-order valence-corrected chi connectivity index (χ2v) is 6.50. The predicted molar refractivity (Wildman–Crippen MR) is 75.4 cm³/mol. The number of hydrogen-bond acceptors (Lipinski definition) is 3. The highest BCUT2D eigenvalue weighted by Gasteiger charge is 2.38. The van der Waals surface area contributed by atoms with E-state index in [-0.39, 0.29) is 18.1 Å². The molecule has 18 heavy (non-hydrogen) atoms. The van der Waals surface area contributed by atoms with Gasteiger partial charge in [0.25, 0.3) is 0 Å². The zero-order valence-corrected chi connectivity index (χ0v) is 12.3. The van der Waals surface area contributed by atoms with Crippen LogP contribution in [0.25, 0.3) is 0 Å². The monoisotopic (exact) mass is 266 g/mol. The molecule has 1 saturated heterocycles. The van der Waals surface area contributed by atoms with Crippen LogP contribution in [0.5, 0.6) is 0 Å². The summed E-state index contributed by atoms with van der Waals surface area (Å²) in [6.07, 6.45) is 0.0636. The van der Waals surface area contributed by atoms with Crippen molar-refractivity contribution in [3.05, 3.63) is 22.4 Å². The minimum atomic E-state index is -0.0727. The van der Waals surface area contributed by atoms with E-state index in [4.69, 9.17) is 0 Å². The summed E-state index contributed by atoms with van der Waals surface area (Å²) in [7, 11) is 0. The number of thiophene rings is 1. The second kappa shape index (κ2) is 5.41. The molecule has 2 heterocycles. The molecule has 0 aromatic carbocycles. The van der Waals surface area contributed by atoms with Crippen molar-refractivity contribution in [2.75, 3.05) is 6.54 Å². The van der Waals surface area contributed by atoms with Gasteiger partial charge in [-0.2, -0.15) is 0 Å². The summed E-state index contributed by atoms with van der Waals surface area (Å²) in [6.45, 7) is 9.41. The second-order valence-electron chi connectivity index (χ2n) is 5.52. The molecule has 1 aromatic rings. The third-order valence-corrected chi connectivity index (χ3v) is 4.73. The van der Waals surface area contributed by atoms with E-state index >= 15 is 0 Å². The zero-order chi connectivity index (χ0) is 13.3. The molecule has 1 amide bonds. The van der Waals surface area contributed by atoms with Crippen LogP contribution in [0.1, 0.15) is 38.7 Å². The van der Waals surface area contributed by atoms with E-state index in [2.05, 4.69) is 37.5 Å². The fourth-order valence-corrected chi connectivity index (χ4v) is 2.97. The molecule has 3 atom stereocenters. The summed E-state index contributed by atoms with van der Waals surface area (Å²) in [5, 5.41) is 5.45. The summed E-state index contributed by atoms with van der Waals surface area (Å²) in [5.74, 6) is 1.34. The zero-order valence-electron chi connectivity index (χ0n) is 11.5. The van der Waals surface area contributed by atoms with Gasteiger partial charge in [-0.05, 0) is 30.2 Å². The lowest BCUT2D eigenvalue weighted by atomic mass is 9.97. The third-order valence-electron chi connectivity index (χ3n) is 3.81. The fraction of sp³-hybridized carbons (Fsp3) is 0.643. The average molecular weight is 266 g/mol. The molecule has 3 unspecified atom stereocenters. The van der Waals surface area contributed by atoms with Crippen LogP contribution < -0.4 is 5.32 Å². The van der Waals surface area contributed by atoms with Gasteiger partial charge in [-0.15, -0.1) is 11.3 Å². The van der Waals surface area contributed by atoms with Crippen molar-refractivity contribution < 1.29 is 4.79 Å². The Kier molecular flexibility index (Phi) is 4.07. The van der Waals surface area contributed by atoms with E-state index in [0.29, 0.717) is 11.8 Å². The highest BCUT2D eigenvalue weighted by atomic mass is 32.1. The lowest BCUT2D eigenvalue weighted by Gasteiger charge is -2.28. The number of nitrogens with zero attached hydrogens (tertiary/aromatic N) is 1. The average Bonchev–Trinajstić information content (AvgIpc) is 2.92. The lowest BCUT2D eigenvalue weighted by molar-refractivity contribution is -0.130. The first-order chi connectivity index (χ1) is 8.50. The van der Waals surface area contributed by atoms with Crippen molar-refractivity contribution in [2.45, 2.75) is 39.9 Å². The maximum Gasteiger partial charge on any atom is 0.241 e. The van der Waals surface area contributed by atoms with Crippen LogP contribution in [-0.4, -0.2) is 23.4 Å². The molecular formula is C14H22N2OS. The van der Waals surface area contributed by atoms with Crippen molar-refractivity contribution in [1.82, 2.24) is 10.2 Å². The molecule has 1 aliphatic heterocycles. The molecule has 1 aliphatic rings. The Hall–Kier alpha value is -0.870. The minimum absolute atomic E-state index is 0.0636. The quantitative estimate of drug-likeness (QED) is 0.909. The van der Waals surface area contributed by atoms with Crippen LogP contribution in [0.3, 0.4) is 0 Å². The van der Waals surface area contributed by atoms with Crippen molar-refractivity contribution >= 4 is 17.2 Å². The molecule has 1 fully saturated rings. The molecule has 0 radical (unpaired) electrons. The van der Waals surface area contributed by atoms with Crippen LogP contribution in [0.4, 0.5) is 0 Å². The van der Waals surface area contributed by atoms with Gasteiger partial charge in [-0.25, -0.2) is 0 Å². The van der Waals surface area contributed by atoms with Crippen LogP contribution >= 0.6 is 11.3 Å². The SMILES string of the molecule is CC1NC(c2cccs2)N(CC(C)C(C)C)C1=O. The highest BCUT2D eigenvalue weighted by Crippen LogP contribution is 2.30. The van der Waals surface area contributed by atoms with Gasteiger partial charge in [0.1, 0.15) is 6.17 Å². The summed E-state index contributed by atoms with van der Waals surface area (Å²) in [4.78, 5) is 15.5. The molecule has 0 spiro atoms. The number of amides is 1. The normalized spacial score (nSPS) is 26.1. The molecule has 100 valence electrons. The summed E-state index contributed by atoms with van der Waals surface area (Å²) < 4.78 is 0. The standard InChI is InChI=1S/C14H22N2OS/c1-9(2)10(3)8-16-13(12-6-5-7-18-12)15-11(4)14(16)17/h5-7,9-11,13,15H,8H2,1-4H3. The van der Waals surface area contributed by atoms with Gasteiger partial charge >= 0.3 is 0 Å². The first kappa shape index (κ1) is 13.6. The minimum Gasteiger partial charge on any atom is -0.320 e. The number of hydrogen-bond donors (Lipinski definition) is 1. The topological polar surface area (TPSA) is 32.3 Å². The molecule has 1 N–H and O–H groups in total. The number of nitrogens with one attached hydrogen (secondary N) is 1. The van der Waals surface area contributed by atoms with E-state index in [0.717, 1.165) is 6.54 Å². The Labute approximate surface area is 113 Å². The molecule has 4 heteroatoms. The Morgan fingerprint density at radius 3 is 2.72 bits per heavy atom. The van der Waals surface area contributed by atoms with E-state index in [1.54, 1.807) is 11.3 Å². The molecule has 1 aromatic heterocycles. The number of carbonyl (C=O) groups excluding carboxylic acids is 1. The van der Waals surface area contributed by atoms with E-state index < -0.39 is 0 Å². The molecular weight excluding hydrogens is 244 g/mol. The molecule has 0 aliphatic carbocycles. The molecule has 3 nitrogen and oxygen atoms in total. The van der Waals surface area contributed by atoms with Gasteiger partial charge in [-0.3, -0.25) is 10.1 Å². The van der Waals surface area contributed by atoms with Gasteiger partial charge in [-0.1, -0.05) is 26.8 Å². The van der Waals surface area contributed by atoms with E-state index in [9.17, 15) is 4.79 Å². The van der Waals surface area contributed by atoms with Crippen LogP contribution in [0.2, 0.25) is 0 Å². The van der Waals surface area contributed by atoms with E-state index in [1.165, 1.54) is 4.88 Å². The Morgan fingerprint density at radius 2 is 2.17 bits per heavy atom. The fourth-order valence-electron chi connectivity index (χ4n) is 2.17. The molecule has 0 saturated carbocycles. The van der Waals surface area contributed by atoms with Crippen molar-refractivity contribution in [3.8, 4) is 0 Å². The van der Waals surface area contributed by atoms with Crippen LogP contribution in [0.15, 0.2) is 17.5 Å². The number of rotatable bonds is 4. The first-order valence-electron chi connectivity index (χ1n) is 6.60. The predicted octanol–water partition coefficient (Wildman–Crippen LogP) is 2.86. The molecule has 2 rings (SSSR count). The Balaban J connectivity index is 2.16. The number of carbonyl (C=O) groups is 1. The smallest absolute Gasteiger partial charge is 0.241 e. The van der Waals surface area contributed by atoms with Gasteiger partial charge in [0.2, 0.25) is 5.91 Å². The van der Waals surface area contributed by atoms with Gasteiger partial charge in [0.05, 0.1) is 6.04 Å². The third kappa shape index (κ3) is 2.59. The van der Waals surface area contributed by atoms with Crippen LogP contribution in [-0.2, 0) is 4.79 Å². The molecule has 0 bridgehead atoms. The van der Waals surface area contributed by atoms with Crippen molar-refractivity contribution in [2.24, 2.45) is 11.8 Å². The van der Waals surface area contributed by atoms with Gasteiger partial charge < -0.3 is 4.90 Å². The Morgan fingerprint density at radius 1 is 1.44 bits per heavy atom. The maximum atomic E-state index is 12.2. The van der Waals surface area contributed by atoms with E-state index in [1.807, 2.05) is 17.9 Å². The van der Waals surface area contributed by atoms with Crippen LogP contribution in [0, 0.1) is 11.8 Å². The largest absolute Gasteiger partial charge is 0.320 e. The van der Waals surface area contributed by atoms with Gasteiger partial charge in [0, 0.05) is 11.4 Å². The summed E-state index contributed by atoms with van der Waals surface area (Å²) in [5.41, 5.74) is 0. The maximum absolute atomic E-state index is 12.2.